The van der Waals surface area contributed by atoms with Crippen molar-refractivity contribution in [1.82, 2.24) is 25.0 Å². The van der Waals surface area contributed by atoms with Gasteiger partial charge in [0.1, 0.15) is 18.5 Å². The topological polar surface area (TPSA) is 77.5 Å². The Morgan fingerprint density at radius 3 is 2.62 bits per heavy atom. The highest BCUT2D eigenvalue weighted by molar-refractivity contribution is 7.18. The molecule has 1 aliphatic carbocycles. The van der Waals surface area contributed by atoms with Gasteiger partial charge in [0.25, 0.3) is 0 Å². The Balaban J connectivity index is 0.933. The molecule has 2 N–H and O–H groups in total. The minimum absolute atomic E-state index is 0.299. The fraction of sp³-hybridized carbons (Fsp3) is 0.484. The van der Waals surface area contributed by atoms with Crippen molar-refractivity contribution >= 4 is 21.6 Å². The molecule has 206 valence electrons. The second-order valence-electron chi connectivity index (χ2n) is 11.0. The van der Waals surface area contributed by atoms with E-state index in [2.05, 4.69) is 50.3 Å². The fourth-order valence-electron chi connectivity index (χ4n) is 5.92. The Kier molecular flexibility index (Phi) is 8.54. The molecule has 1 saturated heterocycles. The number of H-pyrrole nitrogens is 1. The summed E-state index contributed by atoms with van der Waals surface area (Å²) in [5.41, 5.74) is 4.61. The molecule has 0 unspecified atom stereocenters. The molecule has 0 radical (unpaired) electrons. The Bertz CT molecular complexity index is 1330. The number of aliphatic hydroxyl groups is 1. The van der Waals surface area contributed by atoms with E-state index in [1.807, 2.05) is 35.7 Å². The highest BCUT2D eigenvalue weighted by Crippen LogP contribution is 2.37. The zero-order valence-electron chi connectivity index (χ0n) is 22.6. The van der Waals surface area contributed by atoms with Crippen molar-refractivity contribution < 1.29 is 9.84 Å². The average molecular weight is 546 g/mol. The average Bonchev–Trinajstić information content (AvgIpc) is 3.64. The largest absolute Gasteiger partial charge is 0.491 e. The third-order valence-electron chi connectivity index (χ3n) is 8.19. The molecule has 2 aliphatic rings. The number of rotatable bonds is 10. The lowest BCUT2D eigenvalue weighted by molar-refractivity contribution is 0.0463. The van der Waals surface area contributed by atoms with Crippen LogP contribution in [0.1, 0.15) is 48.7 Å². The number of nitrogens with zero attached hydrogens (tertiary/aromatic N) is 4. The van der Waals surface area contributed by atoms with E-state index in [1.54, 1.807) is 0 Å². The zero-order valence-corrected chi connectivity index (χ0v) is 23.4. The number of fused-ring (bicyclic) bond motifs is 1. The van der Waals surface area contributed by atoms with Crippen molar-refractivity contribution in [3.63, 3.8) is 0 Å². The van der Waals surface area contributed by atoms with Gasteiger partial charge in [-0.05, 0) is 30.5 Å². The highest BCUT2D eigenvalue weighted by atomic mass is 32.1. The smallest absolute Gasteiger partial charge is 0.121 e. The van der Waals surface area contributed by atoms with Gasteiger partial charge in [-0.1, -0.05) is 49.6 Å². The summed E-state index contributed by atoms with van der Waals surface area (Å²) in [6.45, 7) is 5.87. The summed E-state index contributed by atoms with van der Waals surface area (Å²) in [5.74, 6) is 1.42. The van der Waals surface area contributed by atoms with E-state index in [9.17, 15) is 5.11 Å². The molecule has 7 nitrogen and oxygen atoms in total. The second-order valence-corrected chi connectivity index (χ2v) is 12.1. The SMILES string of the molecule is O[C@H](COc1ccc2sc(C3CCCCC3)nc2c1)CN1CCN(CCc2[nH]ncc2-c2ccccc2)CC1. The van der Waals surface area contributed by atoms with Gasteiger partial charge in [-0.25, -0.2) is 4.98 Å². The lowest BCUT2D eigenvalue weighted by atomic mass is 9.90. The molecule has 0 amide bonds. The van der Waals surface area contributed by atoms with Crippen LogP contribution in [0.5, 0.6) is 5.75 Å². The number of aromatic nitrogens is 3. The van der Waals surface area contributed by atoms with Crippen LogP contribution in [0, 0.1) is 0 Å². The number of aliphatic hydroxyl groups excluding tert-OH is 1. The number of aromatic amines is 1. The van der Waals surface area contributed by atoms with E-state index in [0.29, 0.717) is 19.1 Å². The van der Waals surface area contributed by atoms with Crippen molar-refractivity contribution in [2.24, 2.45) is 0 Å². The quantitative estimate of drug-likeness (QED) is 0.280. The van der Waals surface area contributed by atoms with Gasteiger partial charge in [0.15, 0.2) is 0 Å². The van der Waals surface area contributed by atoms with E-state index in [1.165, 1.54) is 58.6 Å². The first-order valence-electron chi connectivity index (χ1n) is 14.4. The number of benzene rings is 2. The summed E-state index contributed by atoms with van der Waals surface area (Å²) in [6.07, 6.45) is 8.90. The summed E-state index contributed by atoms with van der Waals surface area (Å²) >= 11 is 1.83. The van der Waals surface area contributed by atoms with Gasteiger partial charge < -0.3 is 14.7 Å². The van der Waals surface area contributed by atoms with Crippen LogP contribution < -0.4 is 4.74 Å². The molecule has 4 aromatic rings. The van der Waals surface area contributed by atoms with E-state index >= 15 is 0 Å². The lowest BCUT2D eigenvalue weighted by Gasteiger charge is -2.35. The lowest BCUT2D eigenvalue weighted by Crippen LogP contribution is -2.49. The Morgan fingerprint density at radius 1 is 1.00 bits per heavy atom. The third-order valence-corrected chi connectivity index (χ3v) is 9.39. The first-order chi connectivity index (χ1) is 19.2. The predicted molar refractivity (Wildman–Crippen MR) is 158 cm³/mol. The van der Waals surface area contributed by atoms with E-state index in [0.717, 1.165) is 50.4 Å². The van der Waals surface area contributed by atoms with Crippen LogP contribution in [-0.4, -0.2) is 82.1 Å². The number of hydrogen-bond acceptors (Lipinski definition) is 7. The molecule has 39 heavy (non-hydrogen) atoms. The molecule has 2 fully saturated rings. The Morgan fingerprint density at radius 2 is 1.79 bits per heavy atom. The van der Waals surface area contributed by atoms with E-state index < -0.39 is 6.10 Å². The molecule has 3 heterocycles. The number of hydrogen-bond donors (Lipinski definition) is 2. The molecule has 1 atom stereocenters. The van der Waals surface area contributed by atoms with E-state index in [-0.39, 0.29) is 0 Å². The molecule has 8 heteroatoms. The molecule has 2 aromatic carbocycles. The highest BCUT2D eigenvalue weighted by Gasteiger charge is 2.21. The number of piperazine rings is 1. The van der Waals surface area contributed by atoms with Crippen LogP contribution in [0.15, 0.2) is 54.7 Å². The molecule has 0 bridgehead atoms. The minimum atomic E-state index is -0.515. The van der Waals surface area contributed by atoms with Gasteiger partial charge in [0, 0.05) is 68.9 Å². The number of ether oxygens (including phenoxy) is 1. The summed E-state index contributed by atoms with van der Waals surface area (Å²) in [5, 5.41) is 19.4. The van der Waals surface area contributed by atoms with Crippen LogP contribution in [0.4, 0.5) is 0 Å². The monoisotopic (exact) mass is 545 g/mol. The maximum absolute atomic E-state index is 10.7. The molecule has 2 aromatic heterocycles. The maximum Gasteiger partial charge on any atom is 0.121 e. The maximum atomic E-state index is 10.7. The van der Waals surface area contributed by atoms with Gasteiger partial charge in [0.05, 0.1) is 21.4 Å². The van der Waals surface area contributed by atoms with Crippen LogP contribution in [0.3, 0.4) is 0 Å². The number of β-amino-alcohol motifs (C(OH)–C–C–N with tert-alkyl or cyclic N) is 1. The molecule has 0 spiro atoms. The van der Waals surface area contributed by atoms with Gasteiger partial charge in [-0.3, -0.25) is 10.00 Å². The second kappa shape index (κ2) is 12.6. The number of thiazole rings is 1. The molecule has 6 rings (SSSR count). The van der Waals surface area contributed by atoms with E-state index in [4.69, 9.17) is 9.72 Å². The molecule has 1 saturated carbocycles. The fourth-order valence-corrected chi connectivity index (χ4v) is 7.03. The number of nitrogens with one attached hydrogen (secondary N) is 1. The first-order valence-corrected chi connectivity index (χ1v) is 15.3. The predicted octanol–water partition coefficient (Wildman–Crippen LogP) is 5.33. The van der Waals surface area contributed by atoms with Gasteiger partial charge in [0.2, 0.25) is 0 Å². The Labute approximate surface area is 234 Å². The van der Waals surface area contributed by atoms with Crippen molar-refractivity contribution in [3.05, 3.63) is 65.4 Å². The standard InChI is InChI=1S/C31H39N5O2S/c37-25(22-38-26-11-12-30-29(19-26)33-31(39-30)24-9-5-2-6-10-24)21-36-17-15-35(16-18-36)14-13-28-27(20-32-34-28)23-7-3-1-4-8-23/h1,3-4,7-8,11-12,19-20,24-25,37H,2,5-6,9-10,13-18,21-22H2,(H,32,34)/t25-/m0/s1. The zero-order chi connectivity index (χ0) is 26.4. The van der Waals surface area contributed by atoms with Gasteiger partial charge in [-0.2, -0.15) is 5.10 Å². The van der Waals surface area contributed by atoms with Crippen LogP contribution in [0.25, 0.3) is 21.3 Å². The van der Waals surface area contributed by atoms with Crippen LogP contribution in [0.2, 0.25) is 0 Å². The minimum Gasteiger partial charge on any atom is -0.491 e. The molecule has 1 aliphatic heterocycles. The summed E-state index contributed by atoms with van der Waals surface area (Å²) in [7, 11) is 0. The van der Waals surface area contributed by atoms with Gasteiger partial charge >= 0.3 is 0 Å². The van der Waals surface area contributed by atoms with Crippen molar-refractivity contribution in [1.29, 1.82) is 0 Å². The van der Waals surface area contributed by atoms with Crippen molar-refractivity contribution in [3.8, 4) is 16.9 Å². The van der Waals surface area contributed by atoms with Crippen LogP contribution >= 0.6 is 11.3 Å². The van der Waals surface area contributed by atoms with Crippen molar-refractivity contribution in [2.75, 3.05) is 45.9 Å². The summed E-state index contributed by atoms with van der Waals surface area (Å²) in [4.78, 5) is 9.78. The summed E-state index contributed by atoms with van der Waals surface area (Å²) in [6, 6.07) is 16.6. The Hall–Kier alpha value is -2.78. The first kappa shape index (κ1) is 26.4. The van der Waals surface area contributed by atoms with Crippen molar-refractivity contribution in [2.45, 2.75) is 50.5 Å². The third kappa shape index (κ3) is 6.69. The normalized spacial score (nSPS) is 18.5. The summed E-state index contributed by atoms with van der Waals surface area (Å²) < 4.78 is 7.22. The van der Waals surface area contributed by atoms with Gasteiger partial charge in [-0.15, -0.1) is 11.3 Å². The molecular weight excluding hydrogens is 506 g/mol. The van der Waals surface area contributed by atoms with Crippen LogP contribution in [-0.2, 0) is 6.42 Å². The molecular formula is C31H39N5O2S.